The Hall–Kier alpha value is 0.230. The monoisotopic (exact) mass is 302 g/mol. The predicted molar refractivity (Wildman–Crippen MR) is 94.8 cm³/mol. The van der Waals surface area contributed by atoms with E-state index in [4.69, 9.17) is 0 Å². The van der Waals surface area contributed by atoms with Crippen LogP contribution >= 0.6 is 8.46 Å². The summed E-state index contributed by atoms with van der Waals surface area (Å²) in [6, 6.07) is 0. The zero-order chi connectivity index (χ0) is 14.7. The molecule has 0 radical (unpaired) electrons. The van der Waals surface area contributed by atoms with Crippen LogP contribution < -0.4 is 0 Å². The van der Waals surface area contributed by atoms with E-state index in [2.05, 4.69) is 6.92 Å². The van der Waals surface area contributed by atoms with E-state index in [0.717, 1.165) is 6.16 Å². The Bertz CT molecular complexity index is 182. The molecule has 0 aromatic heterocycles. The van der Waals surface area contributed by atoms with E-state index in [0.29, 0.717) is 0 Å². The van der Waals surface area contributed by atoms with Crippen molar-refractivity contribution < 1.29 is 4.57 Å². The average Bonchev–Trinajstić information content (AvgIpc) is 2.47. The fourth-order valence-corrected chi connectivity index (χ4v) is 3.23. The minimum atomic E-state index is -0.491. The average molecular weight is 302 g/mol. The summed E-state index contributed by atoms with van der Waals surface area (Å²) >= 11 is 0. The third-order valence-electron chi connectivity index (χ3n) is 4.18. The van der Waals surface area contributed by atoms with Crippen molar-refractivity contribution in [2.45, 2.75) is 110 Å². The first kappa shape index (κ1) is 20.2. The third-order valence-corrected chi connectivity index (χ3v) is 4.82. The van der Waals surface area contributed by atoms with Crippen LogP contribution in [0.3, 0.4) is 0 Å². The van der Waals surface area contributed by atoms with Gasteiger partial charge in [0.05, 0.1) is 8.46 Å². The van der Waals surface area contributed by atoms with E-state index in [9.17, 15) is 4.57 Å². The standard InChI is InChI=1S/C18H39OP/c1-2-3-4-5-6-7-8-9-10-11-12-13-14-15-16-17-18-20-19/h2-18,20H2,1H3. The van der Waals surface area contributed by atoms with Crippen molar-refractivity contribution >= 4 is 8.46 Å². The molecule has 0 saturated heterocycles. The van der Waals surface area contributed by atoms with Gasteiger partial charge in [0.25, 0.3) is 0 Å². The van der Waals surface area contributed by atoms with Gasteiger partial charge in [0, 0.05) is 0 Å². The molecule has 0 aliphatic carbocycles. The highest BCUT2D eigenvalue weighted by Crippen LogP contribution is 2.13. The predicted octanol–water partition coefficient (Wildman–Crippen LogP) is 7.00. The van der Waals surface area contributed by atoms with Gasteiger partial charge in [-0.15, -0.1) is 0 Å². The Morgan fingerprint density at radius 1 is 0.500 bits per heavy atom. The molecular weight excluding hydrogens is 263 g/mol. The topological polar surface area (TPSA) is 17.1 Å². The van der Waals surface area contributed by atoms with Gasteiger partial charge in [-0.1, -0.05) is 103 Å². The van der Waals surface area contributed by atoms with E-state index in [1.165, 1.54) is 103 Å². The fourth-order valence-electron chi connectivity index (χ4n) is 2.78. The first-order chi connectivity index (χ1) is 9.91. The zero-order valence-corrected chi connectivity index (χ0v) is 15.2. The molecule has 1 nitrogen and oxygen atoms in total. The van der Waals surface area contributed by atoms with Gasteiger partial charge in [-0.2, -0.15) is 0 Å². The third kappa shape index (κ3) is 18.2. The molecule has 0 aromatic carbocycles. The smallest absolute Gasteiger partial charge is 0.0645 e. The van der Waals surface area contributed by atoms with Crippen LogP contribution in [0.2, 0.25) is 0 Å². The van der Waals surface area contributed by atoms with E-state index in [-0.39, 0.29) is 0 Å². The summed E-state index contributed by atoms with van der Waals surface area (Å²) in [4.78, 5) is 0. The van der Waals surface area contributed by atoms with Gasteiger partial charge in [0.2, 0.25) is 0 Å². The first-order valence-corrected chi connectivity index (χ1v) is 10.6. The molecule has 0 spiro atoms. The summed E-state index contributed by atoms with van der Waals surface area (Å²) in [5, 5.41) is 0. The van der Waals surface area contributed by atoms with Gasteiger partial charge in [0.1, 0.15) is 0 Å². The molecule has 0 aliphatic heterocycles. The zero-order valence-electron chi connectivity index (χ0n) is 14.0. The van der Waals surface area contributed by atoms with Gasteiger partial charge in [-0.25, -0.2) is 0 Å². The lowest BCUT2D eigenvalue weighted by atomic mass is 10.0. The molecule has 0 heterocycles. The molecule has 0 aliphatic rings. The molecule has 122 valence electrons. The summed E-state index contributed by atoms with van der Waals surface area (Å²) in [6.07, 6.45) is 23.5. The van der Waals surface area contributed by atoms with Gasteiger partial charge in [0.15, 0.2) is 0 Å². The molecule has 0 saturated carbocycles. The van der Waals surface area contributed by atoms with E-state index in [1.54, 1.807) is 0 Å². The number of hydrogen-bond donors (Lipinski definition) is 0. The van der Waals surface area contributed by atoms with Crippen molar-refractivity contribution in [3.8, 4) is 0 Å². The largest absolute Gasteiger partial charge is 0.330 e. The second-order valence-electron chi connectivity index (χ2n) is 6.26. The highest BCUT2D eigenvalue weighted by Gasteiger charge is 1.94. The normalized spacial score (nSPS) is 11.7. The highest BCUT2D eigenvalue weighted by molar-refractivity contribution is 7.23. The van der Waals surface area contributed by atoms with Crippen LogP contribution in [0.5, 0.6) is 0 Å². The van der Waals surface area contributed by atoms with Crippen molar-refractivity contribution in [1.29, 1.82) is 0 Å². The van der Waals surface area contributed by atoms with Crippen LogP contribution in [-0.4, -0.2) is 6.16 Å². The van der Waals surface area contributed by atoms with Crippen molar-refractivity contribution in [3.63, 3.8) is 0 Å². The van der Waals surface area contributed by atoms with Crippen molar-refractivity contribution in [1.82, 2.24) is 0 Å². The molecular formula is C18H39OP. The van der Waals surface area contributed by atoms with Gasteiger partial charge in [-0.3, -0.25) is 0 Å². The fraction of sp³-hybridized carbons (Fsp3) is 1.00. The van der Waals surface area contributed by atoms with Crippen LogP contribution in [-0.2, 0) is 4.57 Å². The van der Waals surface area contributed by atoms with E-state index in [1.807, 2.05) is 0 Å². The van der Waals surface area contributed by atoms with Crippen molar-refractivity contribution in [2.24, 2.45) is 0 Å². The molecule has 1 unspecified atom stereocenters. The Balaban J connectivity index is 2.90. The molecule has 0 bridgehead atoms. The summed E-state index contributed by atoms with van der Waals surface area (Å²) in [5.74, 6) is 0. The molecule has 0 rings (SSSR count). The molecule has 2 heteroatoms. The van der Waals surface area contributed by atoms with Crippen molar-refractivity contribution in [2.75, 3.05) is 6.16 Å². The molecule has 20 heavy (non-hydrogen) atoms. The number of hydrogen-bond acceptors (Lipinski definition) is 1. The summed E-state index contributed by atoms with van der Waals surface area (Å²) < 4.78 is 10.4. The Morgan fingerprint density at radius 3 is 1.10 bits per heavy atom. The number of rotatable bonds is 17. The summed E-state index contributed by atoms with van der Waals surface area (Å²) in [5.41, 5.74) is 0. The van der Waals surface area contributed by atoms with Crippen LogP contribution in [0.4, 0.5) is 0 Å². The van der Waals surface area contributed by atoms with Crippen LogP contribution in [0.15, 0.2) is 0 Å². The maximum atomic E-state index is 10.4. The second kappa shape index (κ2) is 19.2. The maximum Gasteiger partial charge on any atom is 0.0645 e. The van der Waals surface area contributed by atoms with Gasteiger partial charge in [-0.05, 0) is 12.6 Å². The van der Waals surface area contributed by atoms with E-state index >= 15 is 0 Å². The Morgan fingerprint density at radius 2 is 0.800 bits per heavy atom. The molecule has 1 atom stereocenters. The SMILES string of the molecule is CCCCCCCCCCCCCCCCCC[PH2]=O. The Kier molecular flexibility index (Phi) is 19.5. The Labute approximate surface area is 129 Å². The lowest BCUT2D eigenvalue weighted by molar-refractivity contribution is 0.531. The van der Waals surface area contributed by atoms with Crippen molar-refractivity contribution in [3.05, 3.63) is 0 Å². The van der Waals surface area contributed by atoms with E-state index < -0.39 is 8.46 Å². The highest BCUT2D eigenvalue weighted by atomic mass is 31.1. The summed E-state index contributed by atoms with van der Waals surface area (Å²) in [7, 11) is -0.491. The second-order valence-corrected chi connectivity index (χ2v) is 7.17. The minimum absolute atomic E-state index is 0.491. The molecule has 0 amide bonds. The quantitative estimate of drug-likeness (QED) is 0.209. The molecule has 0 aromatic rings. The first-order valence-electron chi connectivity index (χ1n) is 9.35. The van der Waals surface area contributed by atoms with Crippen LogP contribution in [0, 0.1) is 0 Å². The molecule has 0 fully saturated rings. The maximum absolute atomic E-state index is 10.4. The number of unbranched alkanes of at least 4 members (excludes halogenated alkanes) is 15. The minimum Gasteiger partial charge on any atom is -0.330 e. The van der Waals surface area contributed by atoms with Crippen LogP contribution in [0.1, 0.15) is 110 Å². The summed E-state index contributed by atoms with van der Waals surface area (Å²) in [6.45, 7) is 2.29. The lowest BCUT2D eigenvalue weighted by Crippen LogP contribution is -1.83. The van der Waals surface area contributed by atoms with Crippen LogP contribution in [0.25, 0.3) is 0 Å². The molecule has 0 N–H and O–H groups in total. The lowest BCUT2D eigenvalue weighted by Gasteiger charge is -2.03. The van der Waals surface area contributed by atoms with Gasteiger partial charge < -0.3 is 4.57 Å². The van der Waals surface area contributed by atoms with Gasteiger partial charge >= 0.3 is 0 Å².